The van der Waals surface area contributed by atoms with E-state index in [1.165, 1.54) is 24.0 Å². The van der Waals surface area contributed by atoms with E-state index < -0.39 is 0 Å². The Morgan fingerprint density at radius 3 is 2.43 bits per heavy atom. The Morgan fingerprint density at radius 1 is 1.19 bits per heavy atom. The molecule has 0 saturated carbocycles. The van der Waals surface area contributed by atoms with Gasteiger partial charge in [-0.05, 0) is 60.4 Å². The van der Waals surface area contributed by atoms with Crippen molar-refractivity contribution < 1.29 is 4.74 Å². The van der Waals surface area contributed by atoms with E-state index in [1.54, 1.807) is 0 Å². The molecule has 0 unspecified atom stereocenters. The monoisotopic (exact) mass is 289 g/mol. The third kappa shape index (κ3) is 4.47. The van der Waals surface area contributed by atoms with Gasteiger partial charge in [-0.15, -0.1) is 0 Å². The molecule has 1 fully saturated rings. The Labute approximate surface area is 130 Å². The van der Waals surface area contributed by atoms with Crippen molar-refractivity contribution in [2.24, 2.45) is 5.92 Å². The van der Waals surface area contributed by atoms with Crippen LogP contribution in [0.5, 0.6) is 5.75 Å². The van der Waals surface area contributed by atoms with Gasteiger partial charge in [-0.25, -0.2) is 0 Å². The standard InChI is InChI=1S/C19H31NO/c1-14(2)13-21-18-7-6-16(19(3,4)5)12-17(18)15-8-10-20-11-9-15/h6-7,12,14-15,20H,8-11,13H2,1-5H3. The fraction of sp³-hybridized carbons (Fsp3) is 0.684. The van der Waals surface area contributed by atoms with Gasteiger partial charge >= 0.3 is 0 Å². The number of rotatable bonds is 4. The molecule has 1 aromatic carbocycles. The number of piperidine rings is 1. The first-order valence-corrected chi connectivity index (χ1v) is 8.36. The van der Waals surface area contributed by atoms with Crippen LogP contribution in [-0.4, -0.2) is 19.7 Å². The van der Waals surface area contributed by atoms with Crippen LogP contribution >= 0.6 is 0 Å². The van der Waals surface area contributed by atoms with E-state index in [4.69, 9.17) is 4.74 Å². The third-order valence-corrected chi connectivity index (χ3v) is 4.23. The van der Waals surface area contributed by atoms with Crippen molar-refractivity contribution in [3.8, 4) is 5.75 Å². The molecule has 1 aliphatic heterocycles. The van der Waals surface area contributed by atoms with Crippen molar-refractivity contribution in [3.63, 3.8) is 0 Å². The second-order valence-corrected chi connectivity index (χ2v) is 7.73. The molecule has 2 rings (SSSR count). The topological polar surface area (TPSA) is 21.3 Å². The van der Waals surface area contributed by atoms with Gasteiger partial charge in [-0.3, -0.25) is 0 Å². The lowest BCUT2D eigenvalue weighted by Gasteiger charge is -2.28. The fourth-order valence-electron chi connectivity index (χ4n) is 2.85. The molecule has 1 saturated heterocycles. The van der Waals surface area contributed by atoms with Crippen LogP contribution in [0.2, 0.25) is 0 Å². The second-order valence-electron chi connectivity index (χ2n) is 7.73. The summed E-state index contributed by atoms with van der Waals surface area (Å²) in [4.78, 5) is 0. The van der Waals surface area contributed by atoms with E-state index in [1.807, 2.05) is 0 Å². The molecular weight excluding hydrogens is 258 g/mol. The lowest BCUT2D eigenvalue weighted by molar-refractivity contribution is 0.265. The van der Waals surface area contributed by atoms with E-state index in [0.29, 0.717) is 11.8 Å². The van der Waals surface area contributed by atoms with E-state index in [9.17, 15) is 0 Å². The van der Waals surface area contributed by atoms with Gasteiger partial charge in [0, 0.05) is 0 Å². The van der Waals surface area contributed by atoms with Crippen molar-refractivity contribution in [3.05, 3.63) is 29.3 Å². The highest BCUT2D eigenvalue weighted by atomic mass is 16.5. The molecule has 0 bridgehead atoms. The van der Waals surface area contributed by atoms with Gasteiger partial charge in [0.15, 0.2) is 0 Å². The van der Waals surface area contributed by atoms with Gasteiger partial charge in [0.05, 0.1) is 6.61 Å². The summed E-state index contributed by atoms with van der Waals surface area (Å²) in [6.07, 6.45) is 2.43. The van der Waals surface area contributed by atoms with Crippen molar-refractivity contribution in [1.29, 1.82) is 0 Å². The first kappa shape index (κ1) is 16.4. The number of ether oxygens (including phenoxy) is 1. The minimum Gasteiger partial charge on any atom is -0.493 e. The smallest absolute Gasteiger partial charge is 0.122 e. The zero-order valence-corrected chi connectivity index (χ0v) is 14.3. The average Bonchev–Trinajstić information content (AvgIpc) is 2.45. The van der Waals surface area contributed by atoms with Gasteiger partial charge in [0.1, 0.15) is 5.75 Å². The SMILES string of the molecule is CC(C)COc1ccc(C(C)(C)C)cc1C1CCNCC1. The lowest BCUT2D eigenvalue weighted by atomic mass is 9.82. The molecule has 0 spiro atoms. The van der Waals surface area contributed by atoms with Gasteiger partial charge in [0.2, 0.25) is 0 Å². The molecule has 1 aliphatic rings. The Kier molecular flexibility index (Phi) is 5.32. The van der Waals surface area contributed by atoms with Crippen LogP contribution in [0.15, 0.2) is 18.2 Å². The van der Waals surface area contributed by atoms with Crippen LogP contribution in [0, 0.1) is 5.92 Å². The zero-order chi connectivity index (χ0) is 15.5. The Bertz CT molecular complexity index is 453. The molecule has 0 radical (unpaired) electrons. The maximum absolute atomic E-state index is 6.10. The summed E-state index contributed by atoms with van der Waals surface area (Å²) >= 11 is 0. The van der Waals surface area contributed by atoms with Crippen molar-refractivity contribution in [2.45, 2.75) is 58.8 Å². The zero-order valence-electron chi connectivity index (χ0n) is 14.3. The largest absolute Gasteiger partial charge is 0.493 e. The molecule has 0 aromatic heterocycles. The molecule has 0 aliphatic carbocycles. The third-order valence-electron chi connectivity index (χ3n) is 4.23. The maximum atomic E-state index is 6.10. The lowest BCUT2D eigenvalue weighted by Crippen LogP contribution is -2.27. The van der Waals surface area contributed by atoms with E-state index in [-0.39, 0.29) is 5.41 Å². The number of hydrogen-bond acceptors (Lipinski definition) is 2. The van der Waals surface area contributed by atoms with Crippen molar-refractivity contribution in [1.82, 2.24) is 5.32 Å². The van der Waals surface area contributed by atoms with Crippen LogP contribution in [0.25, 0.3) is 0 Å². The Balaban J connectivity index is 2.30. The van der Waals surface area contributed by atoms with E-state index >= 15 is 0 Å². The summed E-state index contributed by atoms with van der Waals surface area (Å²) in [7, 11) is 0. The molecule has 118 valence electrons. The molecule has 21 heavy (non-hydrogen) atoms. The molecular formula is C19H31NO. The fourth-order valence-corrected chi connectivity index (χ4v) is 2.85. The molecule has 2 heteroatoms. The van der Waals surface area contributed by atoms with Crippen LogP contribution in [0.3, 0.4) is 0 Å². The molecule has 0 amide bonds. The van der Waals surface area contributed by atoms with E-state index in [0.717, 1.165) is 25.4 Å². The van der Waals surface area contributed by atoms with Gasteiger partial charge < -0.3 is 10.1 Å². The van der Waals surface area contributed by atoms with E-state index in [2.05, 4.69) is 58.1 Å². The minimum absolute atomic E-state index is 0.193. The number of benzene rings is 1. The highest BCUT2D eigenvalue weighted by Crippen LogP contribution is 2.36. The summed E-state index contributed by atoms with van der Waals surface area (Å²) in [6, 6.07) is 6.83. The predicted molar refractivity (Wildman–Crippen MR) is 90.3 cm³/mol. The quantitative estimate of drug-likeness (QED) is 0.882. The summed E-state index contributed by atoms with van der Waals surface area (Å²) < 4.78 is 6.10. The summed E-state index contributed by atoms with van der Waals surface area (Å²) in [5.74, 6) is 2.30. The maximum Gasteiger partial charge on any atom is 0.122 e. The predicted octanol–water partition coefficient (Wildman–Crippen LogP) is 4.49. The highest BCUT2D eigenvalue weighted by Gasteiger charge is 2.22. The minimum atomic E-state index is 0.193. The molecule has 0 atom stereocenters. The van der Waals surface area contributed by atoms with Crippen LogP contribution in [0.4, 0.5) is 0 Å². The second kappa shape index (κ2) is 6.83. The van der Waals surface area contributed by atoms with Crippen LogP contribution in [-0.2, 0) is 5.41 Å². The Hall–Kier alpha value is -1.02. The van der Waals surface area contributed by atoms with Crippen molar-refractivity contribution in [2.75, 3.05) is 19.7 Å². The Morgan fingerprint density at radius 2 is 1.86 bits per heavy atom. The summed E-state index contributed by atoms with van der Waals surface area (Å²) in [6.45, 7) is 14.3. The first-order chi connectivity index (χ1) is 9.88. The van der Waals surface area contributed by atoms with Gasteiger partial charge in [-0.2, -0.15) is 0 Å². The van der Waals surface area contributed by atoms with Gasteiger partial charge in [-0.1, -0.05) is 46.8 Å². The van der Waals surface area contributed by atoms with Crippen LogP contribution < -0.4 is 10.1 Å². The normalized spacial score (nSPS) is 17.2. The average molecular weight is 289 g/mol. The summed E-state index contributed by atoms with van der Waals surface area (Å²) in [5.41, 5.74) is 3.02. The molecule has 2 nitrogen and oxygen atoms in total. The van der Waals surface area contributed by atoms with Gasteiger partial charge in [0.25, 0.3) is 0 Å². The summed E-state index contributed by atoms with van der Waals surface area (Å²) in [5, 5.41) is 3.46. The number of nitrogens with one attached hydrogen (secondary N) is 1. The number of hydrogen-bond donors (Lipinski definition) is 1. The first-order valence-electron chi connectivity index (χ1n) is 8.36. The van der Waals surface area contributed by atoms with Crippen molar-refractivity contribution >= 4 is 0 Å². The molecule has 1 N–H and O–H groups in total. The van der Waals surface area contributed by atoms with Crippen LogP contribution in [0.1, 0.15) is 64.5 Å². The molecule has 1 heterocycles. The highest BCUT2D eigenvalue weighted by molar-refractivity contribution is 5.42. The molecule has 1 aromatic rings.